The standard InChI is InChI=1S/C22H25F2N7O/c1-14-18(8-15-4-5-16(23)9-19(15)24)22-28-20(27-21-12-30(2)13-26-21)10-17(31(22)29-14)11-25-6-7-32-3/h4-5,9-10,12-13,25H,6-8,11H2,1-3H3,(H,27,28). The van der Waals surface area contributed by atoms with Crippen LogP contribution < -0.4 is 10.6 Å². The molecule has 0 bridgehead atoms. The Morgan fingerprint density at radius 3 is 2.72 bits per heavy atom. The number of benzene rings is 1. The summed E-state index contributed by atoms with van der Waals surface area (Å²) in [5.74, 6) is 0.0608. The zero-order chi connectivity index (χ0) is 22.7. The monoisotopic (exact) mass is 441 g/mol. The van der Waals surface area contributed by atoms with Crippen LogP contribution in [0, 0.1) is 18.6 Å². The van der Waals surface area contributed by atoms with Gasteiger partial charge in [0.05, 0.1) is 24.3 Å². The van der Waals surface area contributed by atoms with Crippen LogP contribution in [0.5, 0.6) is 0 Å². The van der Waals surface area contributed by atoms with Gasteiger partial charge in [0.1, 0.15) is 23.3 Å². The highest BCUT2D eigenvalue weighted by Crippen LogP contribution is 2.24. The summed E-state index contributed by atoms with van der Waals surface area (Å²) in [5.41, 5.74) is 3.37. The lowest BCUT2D eigenvalue weighted by Crippen LogP contribution is -2.20. The number of hydrogen-bond acceptors (Lipinski definition) is 6. The summed E-state index contributed by atoms with van der Waals surface area (Å²) in [6.07, 6.45) is 3.79. The van der Waals surface area contributed by atoms with Crippen molar-refractivity contribution in [1.29, 1.82) is 0 Å². The molecular weight excluding hydrogens is 416 g/mol. The molecule has 0 aliphatic heterocycles. The molecule has 0 aliphatic rings. The van der Waals surface area contributed by atoms with Crippen LogP contribution in [0.1, 0.15) is 22.5 Å². The van der Waals surface area contributed by atoms with Crippen LogP contribution in [0.25, 0.3) is 5.65 Å². The minimum absolute atomic E-state index is 0.248. The highest BCUT2D eigenvalue weighted by molar-refractivity contribution is 5.60. The summed E-state index contributed by atoms with van der Waals surface area (Å²) in [6.45, 7) is 3.65. The molecule has 2 N–H and O–H groups in total. The quantitative estimate of drug-likeness (QED) is 0.389. The number of halogens is 2. The van der Waals surface area contributed by atoms with Crippen LogP contribution in [0.3, 0.4) is 0 Å². The molecule has 0 saturated heterocycles. The highest BCUT2D eigenvalue weighted by Gasteiger charge is 2.17. The lowest BCUT2D eigenvalue weighted by molar-refractivity contribution is 0.199. The number of aryl methyl sites for hydroxylation is 2. The Hall–Kier alpha value is -3.37. The van der Waals surface area contributed by atoms with E-state index in [0.717, 1.165) is 23.0 Å². The summed E-state index contributed by atoms with van der Waals surface area (Å²) in [5, 5.41) is 11.2. The van der Waals surface area contributed by atoms with Crippen LogP contribution in [0.4, 0.5) is 20.4 Å². The van der Waals surface area contributed by atoms with Crippen LogP contribution in [0.2, 0.25) is 0 Å². The molecule has 0 unspecified atom stereocenters. The van der Waals surface area contributed by atoms with Gasteiger partial charge in [-0.3, -0.25) is 0 Å². The SMILES string of the molecule is COCCNCc1cc(Nc2cn(C)cn2)nc2c(Cc3ccc(F)cc3F)c(C)nn12. The largest absolute Gasteiger partial charge is 0.383 e. The Balaban J connectivity index is 1.74. The zero-order valence-corrected chi connectivity index (χ0v) is 18.2. The molecular formula is C22H25F2N7O. The second kappa shape index (κ2) is 9.41. The Morgan fingerprint density at radius 2 is 2.00 bits per heavy atom. The van der Waals surface area contributed by atoms with E-state index in [2.05, 4.69) is 20.7 Å². The van der Waals surface area contributed by atoms with Crippen molar-refractivity contribution in [2.75, 3.05) is 25.6 Å². The summed E-state index contributed by atoms with van der Waals surface area (Å²) in [4.78, 5) is 9.03. The Morgan fingerprint density at radius 1 is 1.16 bits per heavy atom. The summed E-state index contributed by atoms with van der Waals surface area (Å²) in [6, 6.07) is 5.50. The Kier molecular flexibility index (Phi) is 6.42. The van der Waals surface area contributed by atoms with Gasteiger partial charge >= 0.3 is 0 Å². The second-order valence-corrected chi connectivity index (χ2v) is 7.56. The van der Waals surface area contributed by atoms with Crippen LogP contribution in [-0.4, -0.2) is 44.4 Å². The van der Waals surface area contributed by atoms with E-state index in [9.17, 15) is 8.78 Å². The molecule has 168 valence electrons. The van der Waals surface area contributed by atoms with Gasteiger partial charge < -0.3 is 19.9 Å². The number of fused-ring (bicyclic) bond motifs is 1. The first-order valence-corrected chi connectivity index (χ1v) is 10.2. The number of anilines is 2. The minimum atomic E-state index is -0.604. The fraction of sp³-hybridized carbons (Fsp3) is 0.318. The molecule has 0 spiro atoms. The number of ether oxygens (including phenoxy) is 1. The van der Waals surface area contributed by atoms with Crippen molar-refractivity contribution >= 4 is 17.3 Å². The van der Waals surface area contributed by atoms with E-state index in [-0.39, 0.29) is 6.42 Å². The van der Waals surface area contributed by atoms with Gasteiger partial charge in [-0.1, -0.05) is 6.07 Å². The zero-order valence-electron chi connectivity index (χ0n) is 18.2. The van der Waals surface area contributed by atoms with E-state index in [0.29, 0.717) is 42.5 Å². The number of nitrogens with zero attached hydrogens (tertiary/aromatic N) is 5. The molecule has 4 aromatic rings. The number of methoxy groups -OCH3 is 1. The number of nitrogens with one attached hydrogen (secondary N) is 2. The topological polar surface area (TPSA) is 81.3 Å². The van der Waals surface area contributed by atoms with E-state index < -0.39 is 11.6 Å². The van der Waals surface area contributed by atoms with Crippen molar-refractivity contribution in [1.82, 2.24) is 29.5 Å². The number of imidazole rings is 1. The highest BCUT2D eigenvalue weighted by atomic mass is 19.1. The molecule has 3 aromatic heterocycles. The molecule has 0 radical (unpaired) electrons. The van der Waals surface area contributed by atoms with Crippen molar-refractivity contribution < 1.29 is 13.5 Å². The van der Waals surface area contributed by atoms with Crippen LogP contribution in [-0.2, 0) is 24.8 Å². The molecule has 3 heterocycles. The fourth-order valence-corrected chi connectivity index (χ4v) is 3.48. The van der Waals surface area contributed by atoms with Gasteiger partial charge in [0.25, 0.3) is 0 Å². The molecule has 0 atom stereocenters. The predicted octanol–water partition coefficient (Wildman–Crippen LogP) is 3.12. The van der Waals surface area contributed by atoms with Gasteiger partial charge in [0.15, 0.2) is 5.65 Å². The number of rotatable bonds is 9. The Labute approximate surface area is 184 Å². The van der Waals surface area contributed by atoms with E-state index in [1.807, 2.05) is 30.8 Å². The Bertz CT molecular complexity index is 1230. The first-order chi connectivity index (χ1) is 15.4. The number of hydrogen-bond donors (Lipinski definition) is 2. The maximum atomic E-state index is 14.3. The molecule has 8 nitrogen and oxygen atoms in total. The molecule has 10 heteroatoms. The molecule has 32 heavy (non-hydrogen) atoms. The lowest BCUT2D eigenvalue weighted by atomic mass is 10.0. The van der Waals surface area contributed by atoms with Gasteiger partial charge in [-0.15, -0.1) is 0 Å². The van der Waals surface area contributed by atoms with Gasteiger partial charge in [0, 0.05) is 57.6 Å². The van der Waals surface area contributed by atoms with Crippen molar-refractivity contribution in [3.8, 4) is 0 Å². The maximum Gasteiger partial charge on any atom is 0.161 e. The summed E-state index contributed by atoms with van der Waals surface area (Å²) >= 11 is 0. The molecule has 0 aliphatic carbocycles. The van der Waals surface area contributed by atoms with Gasteiger partial charge in [-0.25, -0.2) is 23.3 Å². The van der Waals surface area contributed by atoms with Crippen LogP contribution in [0.15, 0.2) is 36.8 Å². The summed E-state index contributed by atoms with van der Waals surface area (Å²) < 4.78 is 36.4. The minimum Gasteiger partial charge on any atom is -0.383 e. The summed E-state index contributed by atoms with van der Waals surface area (Å²) in [7, 11) is 3.54. The molecule has 1 aromatic carbocycles. The third-order valence-corrected chi connectivity index (χ3v) is 5.09. The molecule has 0 saturated carbocycles. The normalized spacial score (nSPS) is 11.4. The number of aromatic nitrogens is 5. The van der Waals surface area contributed by atoms with Crippen molar-refractivity contribution in [3.63, 3.8) is 0 Å². The maximum absolute atomic E-state index is 14.3. The average Bonchev–Trinajstić information content (AvgIpc) is 3.30. The van der Waals surface area contributed by atoms with Gasteiger partial charge in [-0.2, -0.15) is 5.10 Å². The second-order valence-electron chi connectivity index (χ2n) is 7.56. The van der Waals surface area contributed by atoms with E-state index >= 15 is 0 Å². The smallest absolute Gasteiger partial charge is 0.161 e. The predicted molar refractivity (Wildman–Crippen MR) is 117 cm³/mol. The van der Waals surface area contributed by atoms with Crippen molar-refractivity contribution in [3.05, 3.63) is 70.9 Å². The molecule has 0 amide bonds. The van der Waals surface area contributed by atoms with E-state index in [1.54, 1.807) is 18.0 Å². The van der Waals surface area contributed by atoms with E-state index in [4.69, 9.17) is 9.72 Å². The molecule has 0 fully saturated rings. The first kappa shape index (κ1) is 21.8. The van der Waals surface area contributed by atoms with Crippen molar-refractivity contribution in [2.45, 2.75) is 19.9 Å². The van der Waals surface area contributed by atoms with Crippen LogP contribution >= 0.6 is 0 Å². The third-order valence-electron chi connectivity index (χ3n) is 5.09. The van der Waals surface area contributed by atoms with Gasteiger partial charge in [-0.05, 0) is 18.6 Å². The first-order valence-electron chi connectivity index (χ1n) is 10.2. The molecule has 4 rings (SSSR count). The average molecular weight is 441 g/mol. The third kappa shape index (κ3) is 4.76. The fourth-order valence-electron chi connectivity index (χ4n) is 3.48. The van der Waals surface area contributed by atoms with E-state index in [1.165, 1.54) is 12.1 Å². The van der Waals surface area contributed by atoms with Crippen molar-refractivity contribution in [2.24, 2.45) is 7.05 Å². The lowest BCUT2D eigenvalue weighted by Gasteiger charge is -2.11. The van der Waals surface area contributed by atoms with Gasteiger partial charge in [0.2, 0.25) is 0 Å².